The van der Waals surface area contributed by atoms with Crippen LogP contribution in [0.25, 0.3) is 0 Å². The first-order chi connectivity index (χ1) is 9.24. The maximum Gasteiger partial charge on any atom is 0.321 e. The minimum Gasteiger partial charge on any atom is -0.480 e. The Kier molecular flexibility index (Phi) is 3.94. The summed E-state index contributed by atoms with van der Waals surface area (Å²) >= 11 is 0. The van der Waals surface area contributed by atoms with Gasteiger partial charge in [-0.05, 0) is 11.1 Å². The van der Waals surface area contributed by atoms with E-state index in [1.165, 1.54) is 0 Å². The van der Waals surface area contributed by atoms with Crippen LogP contribution in [0.3, 0.4) is 0 Å². The van der Waals surface area contributed by atoms with Gasteiger partial charge in [0.1, 0.15) is 0 Å². The zero-order valence-electron chi connectivity index (χ0n) is 10.2. The predicted octanol–water partition coefficient (Wildman–Crippen LogP) is 3.04. The largest absolute Gasteiger partial charge is 0.480 e. The minimum atomic E-state index is -1.10. The number of nitriles is 1. The number of benzene rings is 2. The Morgan fingerprint density at radius 1 is 0.947 bits per heavy atom. The molecule has 0 aliphatic carbocycles. The van der Waals surface area contributed by atoms with E-state index in [-0.39, 0.29) is 0 Å². The van der Waals surface area contributed by atoms with E-state index in [4.69, 9.17) is 5.26 Å². The summed E-state index contributed by atoms with van der Waals surface area (Å²) in [4.78, 5) is 11.3. The van der Waals surface area contributed by atoms with Crippen LogP contribution in [0.4, 0.5) is 0 Å². The first-order valence-corrected chi connectivity index (χ1v) is 5.96. The highest BCUT2D eigenvalue weighted by atomic mass is 16.4. The summed E-state index contributed by atoms with van der Waals surface area (Å²) in [6.07, 6.45) is 0. The van der Waals surface area contributed by atoms with E-state index in [0.717, 1.165) is 11.1 Å². The molecule has 0 amide bonds. The first kappa shape index (κ1) is 12.8. The third-order valence-electron chi connectivity index (χ3n) is 3.06. The van der Waals surface area contributed by atoms with Gasteiger partial charge in [-0.2, -0.15) is 5.26 Å². The fourth-order valence-electron chi connectivity index (χ4n) is 2.17. The van der Waals surface area contributed by atoms with E-state index < -0.39 is 17.8 Å². The van der Waals surface area contributed by atoms with Crippen LogP contribution in [0.2, 0.25) is 0 Å². The van der Waals surface area contributed by atoms with Crippen molar-refractivity contribution in [2.75, 3.05) is 0 Å². The topological polar surface area (TPSA) is 61.1 Å². The monoisotopic (exact) mass is 251 g/mol. The number of nitrogens with zero attached hydrogens (tertiary/aromatic N) is 1. The minimum absolute atomic E-state index is 0.454. The molecule has 3 nitrogen and oxygen atoms in total. The molecule has 0 saturated heterocycles. The van der Waals surface area contributed by atoms with Gasteiger partial charge >= 0.3 is 5.97 Å². The number of rotatable bonds is 4. The number of carbonyl (C=O) groups is 1. The molecule has 1 unspecified atom stereocenters. The highest BCUT2D eigenvalue weighted by molar-refractivity contribution is 5.75. The zero-order valence-corrected chi connectivity index (χ0v) is 10.2. The van der Waals surface area contributed by atoms with E-state index in [1.807, 2.05) is 66.7 Å². The average Bonchev–Trinajstić information content (AvgIpc) is 2.46. The van der Waals surface area contributed by atoms with E-state index in [0.29, 0.717) is 0 Å². The molecular weight excluding hydrogens is 238 g/mol. The van der Waals surface area contributed by atoms with E-state index in [1.54, 1.807) is 0 Å². The third-order valence-corrected chi connectivity index (χ3v) is 3.06. The maximum absolute atomic E-state index is 11.3. The predicted molar refractivity (Wildman–Crippen MR) is 71.5 cm³/mol. The van der Waals surface area contributed by atoms with Crippen molar-refractivity contribution in [1.82, 2.24) is 0 Å². The van der Waals surface area contributed by atoms with Crippen LogP contribution in [-0.4, -0.2) is 11.1 Å². The second-order valence-electron chi connectivity index (χ2n) is 4.24. The fraction of sp³-hybridized carbons (Fsp3) is 0.125. The van der Waals surface area contributed by atoms with Crippen molar-refractivity contribution in [1.29, 1.82) is 5.26 Å². The van der Waals surface area contributed by atoms with Crippen LogP contribution in [0.1, 0.15) is 17.0 Å². The molecule has 0 fully saturated rings. The van der Waals surface area contributed by atoms with Crippen LogP contribution < -0.4 is 0 Å². The Bertz CT molecular complexity index is 548. The Morgan fingerprint density at radius 2 is 1.37 bits per heavy atom. The number of hydrogen-bond donors (Lipinski definition) is 1. The lowest BCUT2D eigenvalue weighted by atomic mass is 9.81. The Labute approximate surface area is 111 Å². The molecule has 2 rings (SSSR count). The molecule has 0 aliphatic rings. The van der Waals surface area contributed by atoms with Crippen molar-refractivity contribution in [3.8, 4) is 6.07 Å². The van der Waals surface area contributed by atoms with Gasteiger partial charge in [-0.3, -0.25) is 4.79 Å². The summed E-state index contributed by atoms with van der Waals surface area (Å²) in [6, 6.07) is 20.4. The van der Waals surface area contributed by atoms with Crippen molar-refractivity contribution >= 4 is 5.97 Å². The lowest BCUT2D eigenvalue weighted by Gasteiger charge is -2.20. The van der Waals surface area contributed by atoms with Crippen LogP contribution in [-0.2, 0) is 4.79 Å². The van der Waals surface area contributed by atoms with Gasteiger partial charge in [0.25, 0.3) is 0 Å². The summed E-state index contributed by atoms with van der Waals surface area (Å²) in [6.45, 7) is 0. The molecule has 19 heavy (non-hydrogen) atoms. The van der Waals surface area contributed by atoms with E-state index in [2.05, 4.69) is 0 Å². The van der Waals surface area contributed by atoms with Gasteiger partial charge in [0.2, 0.25) is 0 Å². The second-order valence-corrected chi connectivity index (χ2v) is 4.24. The third kappa shape index (κ3) is 2.80. The molecule has 0 aliphatic heterocycles. The van der Waals surface area contributed by atoms with Crippen LogP contribution in [0, 0.1) is 17.2 Å². The molecule has 0 saturated carbocycles. The van der Waals surface area contributed by atoms with Gasteiger partial charge in [0.15, 0.2) is 5.92 Å². The van der Waals surface area contributed by atoms with Gasteiger partial charge in [-0.15, -0.1) is 0 Å². The summed E-state index contributed by atoms with van der Waals surface area (Å²) in [5.41, 5.74) is 1.67. The van der Waals surface area contributed by atoms with Crippen LogP contribution in [0.15, 0.2) is 60.7 Å². The zero-order chi connectivity index (χ0) is 13.7. The van der Waals surface area contributed by atoms with Crippen molar-refractivity contribution < 1.29 is 9.90 Å². The fourth-order valence-corrected chi connectivity index (χ4v) is 2.17. The highest BCUT2D eigenvalue weighted by Gasteiger charge is 2.30. The van der Waals surface area contributed by atoms with Crippen molar-refractivity contribution in [2.24, 2.45) is 5.92 Å². The lowest BCUT2D eigenvalue weighted by Crippen LogP contribution is -2.21. The number of hydrogen-bond acceptors (Lipinski definition) is 2. The normalized spacial score (nSPS) is 11.8. The molecule has 3 heteroatoms. The van der Waals surface area contributed by atoms with Gasteiger partial charge in [-0.1, -0.05) is 60.7 Å². The number of carboxylic acid groups (broad SMARTS) is 1. The number of aliphatic carboxylic acids is 1. The van der Waals surface area contributed by atoms with Gasteiger partial charge in [0, 0.05) is 5.92 Å². The Balaban J connectivity index is 2.52. The number of carboxylic acids is 1. The molecule has 2 aromatic carbocycles. The molecule has 1 atom stereocenters. The summed E-state index contributed by atoms with van der Waals surface area (Å²) in [7, 11) is 0. The van der Waals surface area contributed by atoms with Crippen LogP contribution in [0.5, 0.6) is 0 Å². The van der Waals surface area contributed by atoms with Gasteiger partial charge in [0.05, 0.1) is 6.07 Å². The van der Waals surface area contributed by atoms with Gasteiger partial charge < -0.3 is 5.11 Å². The summed E-state index contributed by atoms with van der Waals surface area (Å²) < 4.78 is 0. The standard InChI is InChI=1S/C16H13NO2/c17-11-14(16(18)19)15(12-7-3-1-4-8-12)13-9-5-2-6-10-13/h1-10,14-15H,(H,18,19). The first-order valence-electron chi connectivity index (χ1n) is 5.96. The molecular formula is C16H13NO2. The van der Waals surface area contributed by atoms with Crippen molar-refractivity contribution in [3.63, 3.8) is 0 Å². The molecule has 0 aromatic heterocycles. The SMILES string of the molecule is N#CC(C(=O)O)C(c1ccccc1)c1ccccc1. The van der Waals surface area contributed by atoms with Crippen molar-refractivity contribution in [3.05, 3.63) is 71.8 Å². The smallest absolute Gasteiger partial charge is 0.321 e. The quantitative estimate of drug-likeness (QED) is 0.908. The van der Waals surface area contributed by atoms with Crippen molar-refractivity contribution in [2.45, 2.75) is 5.92 Å². The van der Waals surface area contributed by atoms with E-state index in [9.17, 15) is 9.90 Å². The average molecular weight is 251 g/mol. The summed E-state index contributed by atoms with van der Waals surface area (Å²) in [5, 5.41) is 18.4. The second kappa shape index (κ2) is 5.83. The molecule has 0 bridgehead atoms. The van der Waals surface area contributed by atoms with Gasteiger partial charge in [-0.25, -0.2) is 0 Å². The lowest BCUT2D eigenvalue weighted by molar-refractivity contribution is -0.140. The molecule has 94 valence electrons. The highest BCUT2D eigenvalue weighted by Crippen LogP contribution is 2.31. The Hall–Kier alpha value is -2.60. The Morgan fingerprint density at radius 3 is 1.68 bits per heavy atom. The van der Waals surface area contributed by atoms with E-state index >= 15 is 0 Å². The summed E-state index contributed by atoms with van der Waals surface area (Å²) in [5.74, 6) is -2.64. The molecule has 0 heterocycles. The molecule has 0 radical (unpaired) electrons. The van der Waals surface area contributed by atoms with Crippen LogP contribution >= 0.6 is 0 Å². The molecule has 0 spiro atoms. The molecule has 1 N–H and O–H groups in total. The molecule has 2 aromatic rings. The maximum atomic E-state index is 11.3.